The highest BCUT2D eigenvalue weighted by molar-refractivity contribution is 14.1. The molecule has 0 amide bonds. The van der Waals surface area contributed by atoms with Gasteiger partial charge in [-0.05, 0) is 47.4 Å². The molecule has 0 spiro atoms. The van der Waals surface area contributed by atoms with E-state index in [1.807, 2.05) is 10.8 Å². The lowest BCUT2D eigenvalue weighted by Crippen LogP contribution is -2.16. The minimum atomic E-state index is -0.821. The second-order valence-corrected chi connectivity index (χ2v) is 5.75. The molecule has 3 nitrogen and oxygen atoms in total. The highest BCUT2D eigenvalue weighted by Crippen LogP contribution is 2.26. The van der Waals surface area contributed by atoms with E-state index in [0.29, 0.717) is 11.6 Å². The van der Waals surface area contributed by atoms with E-state index in [0.717, 1.165) is 10.1 Å². The first-order valence-electron chi connectivity index (χ1n) is 5.76. The van der Waals surface area contributed by atoms with Gasteiger partial charge in [0.25, 0.3) is 0 Å². The number of carbonyl (C=O) groups is 1. The Morgan fingerprint density at radius 2 is 2.12 bits per heavy atom. The van der Waals surface area contributed by atoms with Crippen LogP contribution in [0, 0.1) is 9.49 Å². The molecule has 0 aliphatic heterocycles. The van der Waals surface area contributed by atoms with E-state index in [1.54, 1.807) is 6.07 Å². The van der Waals surface area contributed by atoms with Crippen molar-refractivity contribution >= 4 is 28.6 Å². The number of hydrogen-bond donors (Lipinski definition) is 1. The minimum absolute atomic E-state index is 0.426. The molecule has 1 aromatic rings. The Kier molecular flexibility index (Phi) is 3.89. The number of hydrogen-bond acceptors (Lipinski definition) is 1. The molecule has 0 atom stereocenters. The fourth-order valence-electron chi connectivity index (χ4n) is 2.45. The summed E-state index contributed by atoms with van der Waals surface area (Å²) in [6, 6.07) is 1.74. The highest BCUT2D eigenvalue weighted by Gasteiger charge is 2.17. The third-order valence-corrected chi connectivity index (χ3v) is 3.85. The third kappa shape index (κ3) is 2.78. The first-order valence-corrected chi connectivity index (χ1v) is 6.83. The molecule has 0 bridgehead atoms. The van der Waals surface area contributed by atoms with Gasteiger partial charge in [0.2, 0.25) is 0 Å². The van der Waals surface area contributed by atoms with Crippen molar-refractivity contribution in [3.63, 3.8) is 0 Å². The van der Waals surface area contributed by atoms with E-state index in [2.05, 4.69) is 22.6 Å². The van der Waals surface area contributed by atoms with Gasteiger partial charge in [0, 0.05) is 16.3 Å². The summed E-state index contributed by atoms with van der Waals surface area (Å²) in [4.78, 5) is 11.1. The van der Waals surface area contributed by atoms with Crippen LogP contribution in [0.25, 0.3) is 0 Å². The van der Waals surface area contributed by atoms with Crippen LogP contribution in [0.2, 0.25) is 0 Å². The van der Waals surface area contributed by atoms with Crippen LogP contribution in [0.3, 0.4) is 0 Å². The summed E-state index contributed by atoms with van der Waals surface area (Å²) in [7, 11) is 0. The van der Waals surface area contributed by atoms with Crippen LogP contribution in [-0.2, 0) is 6.54 Å². The van der Waals surface area contributed by atoms with Crippen molar-refractivity contribution in [2.24, 2.45) is 5.92 Å². The van der Waals surface area contributed by atoms with Gasteiger partial charge in [-0.15, -0.1) is 0 Å². The molecule has 88 valence electrons. The van der Waals surface area contributed by atoms with E-state index in [9.17, 15) is 4.79 Å². The van der Waals surface area contributed by atoms with E-state index in [-0.39, 0.29) is 0 Å². The summed E-state index contributed by atoms with van der Waals surface area (Å²) in [6.45, 7) is 0.866. The monoisotopic (exact) mass is 333 g/mol. The largest absolute Gasteiger partial charge is 0.477 e. The lowest BCUT2D eigenvalue weighted by atomic mass is 9.89. The highest BCUT2D eigenvalue weighted by atomic mass is 127. The maximum Gasteiger partial charge on any atom is 0.352 e. The fraction of sp³-hybridized carbons (Fsp3) is 0.583. The smallest absolute Gasteiger partial charge is 0.352 e. The molecule has 0 aromatic carbocycles. The van der Waals surface area contributed by atoms with Gasteiger partial charge in [-0.25, -0.2) is 4.79 Å². The number of aromatic nitrogens is 1. The number of rotatable bonds is 3. The average Bonchev–Trinajstić information content (AvgIpc) is 2.61. The molecule has 1 aliphatic rings. The van der Waals surface area contributed by atoms with E-state index < -0.39 is 5.97 Å². The number of halogens is 1. The number of carboxylic acid groups (broad SMARTS) is 1. The van der Waals surface area contributed by atoms with Crippen molar-refractivity contribution in [1.82, 2.24) is 4.57 Å². The molecule has 0 unspecified atom stereocenters. The molecule has 16 heavy (non-hydrogen) atoms. The summed E-state index contributed by atoms with van der Waals surface area (Å²) in [5.74, 6) is -0.159. The zero-order valence-electron chi connectivity index (χ0n) is 9.16. The molecule has 0 saturated heterocycles. The van der Waals surface area contributed by atoms with Gasteiger partial charge in [-0.3, -0.25) is 0 Å². The Hall–Kier alpha value is -0.520. The van der Waals surface area contributed by atoms with Crippen molar-refractivity contribution in [3.8, 4) is 0 Å². The van der Waals surface area contributed by atoms with Gasteiger partial charge < -0.3 is 9.67 Å². The quantitative estimate of drug-likeness (QED) is 0.862. The van der Waals surface area contributed by atoms with Crippen molar-refractivity contribution in [1.29, 1.82) is 0 Å². The molecule has 1 aromatic heterocycles. The van der Waals surface area contributed by atoms with Crippen LogP contribution in [-0.4, -0.2) is 15.6 Å². The Balaban J connectivity index is 2.10. The normalized spacial score (nSPS) is 17.6. The molecule has 1 fully saturated rings. The molecular weight excluding hydrogens is 317 g/mol. The fourth-order valence-corrected chi connectivity index (χ4v) is 3.08. The first kappa shape index (κ1) is 12.0. The molecule has 0 radical (unpaired) electrons. The number of nitrogens with zero attached hydrogens (tertiary/aromatic N) is 1. The van der Waals surface area contributed by atoms with Crippen LogP contribution in [0.5, 0.6) is 0 Å². The van der Waals surface area contributed by atoms with Crippen LogP contribution in [0.4, 0.5) is 0 Å². The Labute approximate surface area is 109 Å². The maximum atomic E-state index is 11.1. The zero-order valence-corrected chi connectivity index (χ0v) is 11.3. The van der Waals surface area contributed by atoms with Gasteiger partial charge in [0.1, 0.15) is 5.69 Å². The summed E-state index contributed by atoms with van der Waals surface area (Å²) in [5, 5.41) is 9.08. The van der Waals surface area contributed by atoms with Gasteiger partial charge in [-0.1, -0.05) is 19.3 Å². The standard InChI is InChI=1S/C12H16INO2/c13-10-6-11(12(15)16)14(8-10)7-9-4-2-1-3-5-9/h6,8-9H,1-5,7H2,(H,15,16). The molecule has 2 rings (SSSR count). The van der Waals surface area contributed by atoms with Crippen molar-refractivity contribution in [3.05, 3.63) is 21.5 Å². The summed E-state index contributed by atoms with van der Waals surface area (Å²) < 4.78 is 2.91. The Morgan fingerprint density at radius 1 is 1.44 bits per heavy atom. The average molecular weight is 333 g/mol. The second kappa shape index (κ2) is 5.21. The van der Waals surface area contributed by atoms with Crippen LogP contribution in [0.1, 0.15) is 42.6 Å². The molecular formula is C12H16INO2. The molecule has 1 aliphatic carbocycles. The van der Waals surface area contributed by atoms with Gasteiger partial charge >= 0.3 is 5.97 Å². The van der Waals surface area contributed by atoms with E-state index in [1.165, 1.54) is 32.1 Å². The minimum Gasteiger partial charge on any atom is -0.477 e. The topological polar surface area (TPSA) is 42.2 Å². The SMILES string of the molecule is O=C(O)c1cc(I)cn1CC1CCCCC1. The van der Waals surface area contributed by atoms with Crippen molar-refractivity contribution < 1.29 is 9.90 Å². The molecule has 1 saturated carbocycles. The van der Waals surface area contributed by atoms with Gasteiger partial charge in [-0.2, -0.15) is 0 Å². The van der Waals surface area contributed by atoms with E-state index in [4.69, 9.17) is 5.11 Å². The van der Waals surface area contributed by atoms with Crippen LogP contribution in [0.15, 0.2) is 12.3 Å². The lowest BCUT2D eigenvalue weighted by Gasteiger charge is -2.22. The summed E-state index contributed by atoms with van der Waals surface area (Å²) in [6.07, 6.45) is 8.36. The van der Waals surface area contributed by atoms with Crippen LogP contribution >= 0.6 is 22.6 Å². The van der Waals surface area contributed by atoms with E-state index >= 15 is 0 Å². The molecule has 1 heterocycles. The lowest BCUT2D eigenvalue weighted by molar-refractivity contribution is 0.0683. The van der Waals surface area contributed by atoms with Crippen LogP contribution < -0.4 is 0 Å². The predicted molar refractivity (Wildman–Crippen MR) is 70.7 cm³/mol. The molecule has 1 N–H and O–H groups in total. The Morgan fingerprint density at radius 3 is 2.75 bits per heavy atom. The van der Waals surface area contributed by atoms with Gasteiger partial charge in [0.05, 0.1) is 0 Å². The summed E-state index contributed by atoms with van der Waals surface area (Å²) in [5.41, 5.74) is 0.426. The Bertz CT molecular complexity index is 380. The number of aromatic carboxylic acids is 1. The second-order valence-electron chi connectivity index (χ2n) is 4.51. The van der Waals surface area contributed by atoms with Gasteiger partial charge in [0.15, 0.2) is 0 Å². The molecule has 4 heteroatoms. The first-order chi connectivity index (χ1) is 7.66. The maximum absolute atomic E-state index is 11.1. The third-order valence-electron chi connectivity index (χ3n) is 3.26. The summed E-state index contributed by atoms with van der Waals surface area (Å²) >= 11 is 2.17. The predicted octanol–water partition coefficient (Wildman–Crippen LogP) is 3.37. The zero-order chi connectivity index (χ0) is 11.5. The number of carboxylic acids is 1. The van der Waals surface area contributed by atoms with Crippen molar-refractivity contribution in [2.45, 2.75) is 38.6 Å². The van der Waals surface area contributed by atoms with Crippen molar-refractivity contribution in [2.75, 3.05) is 0 Å².